The number of piperidine rings is 1. The Morgan fingerprint density at radius 3 is 2.38 bits per heavy atom. The van der Waals surface area contributed by atoms with Gasteiger partial charge in [-0.2, -0.15) is 0 Å². The van der Waals surface area contributed by atoms with Crippen LogP contribution in [0.4, 0.5) is 0 Å². The predicted octanol–water partition coefficient (Wildman–Crippen LogP) is 3.14. The normalized spacial score (nSPS) is 20.9. The Kier molecular flexibility index (Phi) is 10.0. The van der Waals surface area contributed by atoms with Gasteiger partial charge in [0.05, 0.1) is 6.54 Å². The van der Waals surface area contributed by atoms with Gasteiger partial charge < -0.3 is 15.5 Å². The standard InChI is InChI=1S/C18H34N4O.HI/c1-3-12-20-16(23)14-21-17(19-2)22-13-8-11-18(15-22)9-6-4-5-7-10-18;/h3-15H2,1-2H3,(H,19,21)(H,20,23);1H. The summed E-state index contributed by atoms with van der Waals surface area (Å²) in [5, 5.41) is 6.15. The van der Waals surface area contributed by atoms with Crippen molar-refractivity contribution in [1.29, 1.82) is 0 Å². The molecule has 2 fully saturated rings. The quantitative estimate of drug-likeness (QED) is 0.393. The number of carbonyl (C=O) groups is 1. The molecule has 2 N–H and O–H groups in total. The molecule has 1 spiro atoms. The first kappa shape index (κ1) is 21.5. The van der Waals surface area contributed by atoms with Gasteiger partial charge in [-0.1, -0.05) is 32.6 Å². The molecular formula is C18H35IN4O. The van der Waals surface area contributed by atoms with E-state index < -0.39 is 0 Å². The summed E-state index contributed by atoms with van der Waals surface area (Å²) in [6.45, 7) is 5.27. The second-order valence-corrected chi connectivity index (χ2v) is 7.19. The molecule has 0 unspecified atom stereocenters. The van der Waals surface area contributed by atoms with E-state index in [0.717, 1.165) is 32.0 Å². The van der Waals surface area contributed by atoms with Gasteiger partial charge in [-0.25, -0.2) is 0 Å². The molecule has 0 aromatic carbocycles. The van der Waals surface area contributed by atoms with E-state index in [9.17, 15) is 4.79 Å². The van der Waals surface area contributed by atoms with Crippen molar-refractivity contribution in [2.45, 2.75) is 64.7 Å². The van der Waals surface area contributed by atoms with Gasteiger partial charge in [-0.15, -0.1) is 24.0 Å². The number of nitrogens with zero attached hydrogens (tertiary/aromatic N) is 2. The van der Waals surface area contributed by atoms with Crippen molar-refractivity contribution in [2.75, 3.05) is 33.2 Å². The number of rotatable bonds is 4. The third-order valence-corrected chi connectivity index (χ3v) is 5.32. The fraction of sp³-hybridized carbons (Fsp3) is 0.889. The number of amides is 1. The van der Waals surface area contributed by atoms with Crippen LogP contribution in [0.3, 0.4) is 0 Å². The van der Waals surface area contributed by atoms with E-state index in [0.29, 0.717) is 12.0 Å². The second-order valence-electron chi connectivity index (χ2n) is 7.19. The van der Waals surface area contributed by atoms with E-state index in [1.807, 2.05) is 7.05 Å². The zero-order valence-electron chi connectivity index (χ0n) is 15.4. The molecule has 1 heterocycles. The summed E-state index contributed by atoms with van der Waals surface area (Å²) in [7, 11) is 1.82. The minimum Gasteiger partial charge on any atom is -0.355 e. The fourth-order valence-electron chi connectivity index (χ4n) is 4.09. The number of aliphatic imine (C=N–C) groups is 1. The zero-order chi connectivity index (χ0) is 16.5. The zero-order valence-corrected chi connectivity index (χ0v) is 17.7. The van der Waals surface area contributed by atoms with Crippen LogP contribution in [-0.4, -0.2) is 50.0 Å². The number of guanidine groups is 1. The highest BCUT2D eigenvalue weighted by Gasteiger charge is 2.36. The highest BCUT2D eigenvalue weighted by molar-refractivity contribution is 14.0. The lowest BCUT2D eigenvalue weighted by molar-refractivity contribution is -0.120. The van der Waals surface area contributed by atoms with Gasteiger partial charge in [0, 0.05) is 26.7 Å². The van der Waals surface area contributed by atoms with Crippen molar-refractivity contribution in [3.05, 3.63) is 0 Å². The summed E-state index contributed by atoms with van der Waals surface area (Å²) in [5.74, 6) is 0.939. The minimum absolute atomic E-state index is 0. The van der Waals surface area contributed by atoms with Crippen LogP contribution in [0.2, 0.25) is 0 Å². The van der Waals surface area contributed by atoms with Crippen LogP contribution in [0.25, 0.3) is 0 Å². The topological polar surface area (TPSA) is 56.7 Å². The maximum atomic E-state index is 11.8. The molecular weight excluding hydrogens is 415 g/mol. The Morgan fingerprint density at radius 2 is 1.75 bits per heavy atom. The summed E-state index contributed by atoms with van der Waals surface area (Å²) in [4.78, 5) is 18.6. The van der Waals surface area contributed by atoms with Crippen molar-refractivity contribution < 1.29 is 4.79 Å². The van der Waals surface area contributed by atoms with Crippen molar-refractivity contribution in [3.8, 4) is 0 Å². The molecule has 24 heavy (non-hydrogen) atoms. The number of carbonyl (C=O) groups excluding carboxylic acids is 1. The van der Waals surface area contributed by atoms with Crippen LogP contribution in [0.5, 0.6) is 0 Å². The molecule has 2 rings (SSSR count). The summed E-state index contributed by atoms with van der Waals surface area (Å²) in [6.07, 6.45) is 11.8. The summed E-state index contributed by atoms with van der Waals surface area (Å²) < 4.78 is 0. The molecule has 0 aromatic heterocycles. The maximum Gasteiger partial charge on any atom is 0.239 e. The Morgan fingerprint density at radius 1 is 1.08 bits per heavy atom. The van der Waals surface area contributed by atoms with Crippen molar-refractivity contribution in [1.82, 2.24) is 15.5 Å². The van der Waals surface area contributed by atoms with Crippen molar-refractivity contribution >= 4 is 35.8 Å². The van der Waals surface area contributed by atoms with Gasteiger partial charge >= 0.3 is 0 Å². The largest absolute Gasteiger partial charge is 0.355 e. The van der Waals surface area contributed by atoms with Crippen LogP contribution in [0.15, 0.2) is 4.99 Å². The molecule has 1 saturated carbocycles. The molecule has 2 aliphatic rings. The van der Waals surface area contributed by atoms with E-state index in [1.54, 1.807) is 0 Å². The third kappa shape index (κ3) is 6.41. The van der Waals surface area contributed by atoms with Crippen molar-refractivity contribution in [3.63, 3.8) is 0 Å². The first-order valence-electron chi connectivity index (χ1n) is 9.41. The number of halogens is 1. The van der Waals surface area contributed by atoms with Crippen LogP contribution in [0, 0.1) is 5.41 Å². The SMILES string of the molecule is CCCNC(=O)CNC(=NC)N1CCCC2(CCCCCC2)C1.I. The molecule has 0 radical (unpaired) electrons. The summed E-state index contributed by atoms with van der Waals surface area (Å²) in [5.41, 5.74) is 0.483. The number of nitrogens with one attached hydrogen (secondary N) is 2. The highest BCUT2D eigenvalue weighted by Crippen LogP contribution is 2.42. The molecule has 1 amide bonds. The molecule has 1 aliphatic heterocycles. The molecule has 0 bridgehead atoms. The van der Waals surface area contributed by atoms with E-state index in [4.69, 9.17) is 0 Å². The van der Waals surface area contributed by atoms with Crippen LogP contribution in [0.1, 0.15) is 64.7 Å². The van der Waals surface area contributed by atoms with Gasteiger partial charge in [0.1, 0.15) is 0 Å². The lowest BCUT2D eigenvalue weighted by Gasteiger charge is -2.44. The van der Waals surface area contributed by atoms with E-state index >= 15 is 0 Å². The smallest absolute Gasteiger partial charge is 0.239 e. The molecule has 140 valence electrons. The lowest BCUT2D eigenvalue weighted by atomic mass is 9.74. The highest BCUT2D eigenvalue weighted by atomic mass is 127. The molecule has 0 atom stereocenters. The van der Waals surface area contributed by atoms with Gasteiger partial charge in [-0.3, -0.25) is 9.79 Å². The Balaban J connectivity index is 0.00000288. The first-order chi connectivity index (χ1) is 11.2. The maximum absolute atomic E-state index is 11.8. The summed E-state index contributed by atoms with van der Waals surface area (Å²) >= 11 is 0. The Bertz CT molecular complexity index is 406. The van der Waals surface area contributed by atoms with E-state index in [2.05, 4.69) is 27.4 Å². The van der Waals surface area contributed by atoms with Crippen LogP contribution >= 0.6 is 24.0 Å². The van der Waals surface area contributed by atoms with Gasteiger partial charge in [-0.05, 0) is 37.5 Å². The van der Waals surface area contributed by atoms with Gasteiger partial charge in [0.2, 0.25) is 5.91 Å². The van der Waals surface area contributed by atoms with Crippen LogP contribution < -0.4 is 10.6 Å². The Labute approximate surface area is 164 Å². The molecule has 1 saturated heterocycles. The lowest BCUT2D eigenvalue weighted by Crippen LogP contribution is -2.52. The number of hydrogen-bond donors (Lipinski definition) is 2. The second kappa shape index (κ2) is 11.2. The van der Waals surface area contributed by atoms with Crippen LogP contribution in [-0.2, 0) is 4.79 Å². The summed E-state index contributed by atoms with van der Waals surface area (Å²) in [6, 6.07) is 0. The van der Waals surface area contributed by atoms with E-state index in [1.165, 1.54) is 51.4 Å². The Hall–Kier alpha value is -0.530. The average molecular weight is 450 g/mol. The minimum atomic E-state index is 0. The molecule has 0 aromatic rings. The number of likely N-dealkylation sites (tertiary alicyclic amines) is 1. The van der Waals surface area contributed by atoms with Gasteiger partial charge in [0.25, 0.3) is 0 Å². The third-order valence-electron chi connectivity index (χ3n) is 5.32. The van der Waals surface area contributed by atoms with Gasteiger partial charge in [0.15, 0.2) is 5.96 Å². The van der Waals surface area contributed by atoms with Crippen molar-refractivity contribution in [2.24, 2.45) is 10.4 Å². The molecule has 5 nitrogen and oxygen atoms in total. The average Bonchev–Trinajstić information content (AvgIpc) is 2.79. The first-order valence-corrected chi connectivity index (χ1v) is 9.41. The van der Waals surface area contributed by atoms with E-state index in [-0.39, 0.29) is 29.9 Å². The number of hydrogen-bond acceptors (Lipinski definition) is 2. The molecule has 1 aliphatic carbocycles. The fourth-order valence-corrected chi connectivity index (χ4v) is 4.09. The predicted molar refractivity (Wildman–Crippen MR) is 111 cm³/mol. The monoisotopic (exact) mass is 450 g/mol. The molecule has 6 heteroatoms.